The average molecular weight is 837 g/mol. The Bertz CT molecular complexity index is 2170. The molecule has 3 heterocycles. The van der Waals surface area contributed by atoms with Crippen LogP contribution in [0.3, 0.4) is 0 Å². The Labute approximate surface area is 345 Å². The number of likely N-dealkylation sites (tertiary alicyclic amines) is 1. The van der Waals surface area contributed by atoms with Gasteiger partial charge < -0.3 is 25.6 Å². The van der Waals surface area contributed by atoms with E-state index in [2.05, 4.69) is 10.6 Å². The second-order valence-corrected chi connectivity index (χ2v) is 17.9. The lowest BCUT2D eigenvalue weighted by molar-refractivity contribution is -0.166. The highest BCUT2D eigenvalue weighted by atomic mass is 35.5. The summed E-state index contributed by atoms with van der Waals surface area (Å²) in [7, 11) is 0. The highest BCUT2D eigenvalue weighted by molar-refractivity contribution is 6.31. The molecule has 0 aromatic heterocycles. The molecule has 4 aromatic rings. The molecule has 3 aliphatic heterocycles. The Balaban J connectivity index is 1.43. The van der Waals surface area contributed by atoms with Gasteiger partial charge >= 0.3 is 0 Å². The van der Waals surface area contributed by atoms with Crippen LogP contribution in [-0.4, -0.2) is 76.2 Å². The number of anilines is 1. The molecule has 4 N–H and O–H groups in total. The van der Waals surface area contributed by atoms with Crippen molar-refractivity contribution in [1.82, 2.24) is 10.2 Å². The first kappa shape index (κ1) is 40.8. The van der Waals surface area contributed by atoms with Crippen LogP contribution < -0.4 is 10.6 Å². The van der Waals surface area contributed by atoms with Crippen molar-refractivity contribution in [2.45, 2.75) is 92.3 Å². The molecule has 2 amide bonds. The maximum absolute atomic E-state index is 17.0. The number of aliphatic hydroxyl groups excluding tert-OH is 1. The summed E-state index contributed by atoms with van der Waals surface area (Å²) >= 11 is 13.0. The van der Waals surface area contributed by atoms with Gasteiger partial charge in [-0.2, -0.15) is 0 Å². The first-order valence-electron chi connectivity index (χ1n) is 19.6. The second kappa shape index (κ2) is 15.2. The number of amides is 2. The lowest BCUT2D eigenvalue weighted by atomic mass is 9.45. The molecule has 0 bridgehead atoms. The van der Waals surface area contributed by atoms with Crippen molar-refractivity contribution in [2.24, 2.45) is 5.41 Å². The minimum absolute atomic E-state index is 0.0477. The number of ether oxygens (including phenoxy) is 1. The van der Waals surface area contributed by atoms with Crippen LogP contribution in [0.4, 0.5) is 18.9 Å². The Kier molecular flexibility index (Phi) is 10.7. The largest absolute Gasteiger partial charge is 0.388 e. The number of aliphatic hydroxyl groups is 2. The number of carbonyl (C=O) groups is 2. The third-order valence-corrected chi connectivity index (χ3v) is 13.6. The first-order chi connectivity index (χ1) is 27.7. The summed E-state index contributed by atoms with van der Waals surface area (Å²) in [5.74, 6) is -3.43. The van der Waals surface area contributed by atoms with Gasteiger partial charge in [-0.05, 0) is 80.0 Å². The van der Waals surface area contributed by atoms with E-state index in [1.165, 1.54) is 12.1 Å². The SMILES string of the molecule is CC(C)(O)[C@@H]1CC[C@@H](NC(=O)[C@H]2[C@H](c3cccc(Cl)c3F)[C@]3(C(=O)Nc4cc(Cl)ccc43)C3(CC(CF)(CF)C3)N2[C@H](c2ccccc2)[C@@H](O)c2ccccc2)CO1. The molecule has 0 unspecified atom stereocenters. The van der Waals surface area contributed by atoms with Crippen molar-refractivity contribution in [3.63, 3.8) is 0 Å². The van der Waals surface area contributed by atoms with Crippen LogP contribution in [0.15, 0.2) is 97.1 Å². The van der Waals surface area contributed by atoms with Crippen LogP contribution >= 0.6 is 23.2 Å². The van der Waals surface area contributed by atoms with Crippen molar-refractivity contribution in [3.8, 4) is 0 Å². The predicted molar refractivity (Wildman–Crippen MR) is 216 cm³/mol. The third-order valence-electron chi connectivity index (χ3n) is 13.1. The van der Waals surface area contributed by atoms with Crippen molar-refractivity contribution < 1.29 is 37.7 Å². The fourth-order valence-electron chi connectivity index (χ4n) is 10.7. The zero-order valence-electron chi connectivity index (χ0n) is 32.1. The zero-order valence-corrected chi connectivity index (χ0v) is 33.6. The van der Waals surface area contributed by atoms with Crippen molar-refractivity contribution in [3.05, 3.63) is 135 Å². The number of alkyl halides is 2. The van der Waals surface area contributed by atoms with Crippen molar-refractivity contribution >= 4 is 40.7 Å². The molecule has 2 spiro atoms. The van der Waals surface area contributed by atoms with Gasteiger partial charge in [0.2, 0.25) is 11.8 Å². The van der Waals surface area contributed by atoms with E-state index in [9.17, 15) is 10.2 Å². The topological polar surface area (TPSA) is 111 Å². The smallest absolute Gasteiger partial charge is 0.238 e. The number of benzene rings is 4. The third kappa shape index (κ3) is 6.35. The van der Waals surface area contributed by atoms with E-state index in [1.807, 2.05) is 0 Å². The van der Waals surface area contributed by atoms with E-state index in [-0.39, 0.29) is 30.0 Å². The van der Waals surface area contributed by atoms with E-state index in [0.717, 1.165) is 0 Å². The van der Waals surface area contributed by atoms with Crippen LogP contribution in [0.1, 0.15) is 79.8 Å². The van der Waals surface area contributed by atoms with E-state index in [1.54, 1.807) is 104 Å². The average Bonchev–Trinajstić information content (AvgIpc) is 3.63. The Morgan fingerprint density at radius 1 is 0.966 bits per heavy atom. The minimum Gasteiger partial charge on any atom is -0.388 e. The molecule has 1 aliphatic carbocycles. The Morgan fingerprint density at radius 2 is 1.62 bits per heavy atom. The quantitative estimate of drug-likeness (QED) is 0.128. The fraction of sp³-hybridized carbons (Fsp3) is 0.422. The van der Waals surface area contributed by atoms with Crippen LogP contribution in [-0.2, 0) is 19.7 Å². The summed E-state index contributed by atoms with van der Waals surface area (Å²) in [5, 5.41) is 29.6. The maximum Gasteiger partial charge on any atom is 0.238 e. The van der Waals surface area contributed by atoms with E-state index < -0.39 is 89.2 Å². The molecule has 8 rings (SSSR count). The van der Waals surface area contributed by atoms with Gasteiger partial charge in [-0.15, -0.1) is 0 Å². The molecule has 13 heteroatoms. The van der Waals surface area contributed by atoms with Crippen molar-refractivity contribution in [1.29, 1.82) is 0 Å². The molecular formula is C45H46Cl2F3N3O5. The first-order valence-corrected chi connectivity index (χ1v) is 20.3. The van der Waals surface area contributed by atoms with Gasteiger partial charge in [0, 0.05) is 27.6 Å². The number of fused-ring (bicyclic) bond motifs is 3. The number of rotatable bonds is 10. The van der Waals surface area contributed by atoms with Gasteiger partial charge in [-0.3, -0.25) is 23.3 Å². The Morgan fingerprint density at radius 3 is 2.22 bits per heavy atom. The summed E-state index contributed by atoms with van der Waals surface area (Å²) in [5.41, 5.74) is -4.47. The fourth-order valence-corrected chi connectivity index (χ4v) is 11.0. The van der Waals surface area contributed by atoms with Gasteiger partial charge in [-0.25, -0.2) is 4.39 Å². The summed E-state index contributed by atoms with van der Waals surface area (Å²) in [6.07, 6.45) is -1.49. The highest BCUT2D eigenvalue weighted by Gasteiger charge is 2.82. The van der Waals surface area contributed by atoms with Crippen LogP contribution in [0.25, 0.3) is 0 Å². The lowest BCUT2D eigenvalue weighted by Crippen LogP contribution is -2.72. The zero-order chi connectivity index (χ0) is 41.2. The van der Waals surface area contributed by atoms with Gasteiger partial charge in [0.05, 0.1) is 60.9 Å². The summed E-state index contributed by atoms with van der Waals surface area (Å²) in [6, 6.07) is 23.9. The Hall–Kier alpha value is -3.97. The number of hydrogen-bond acceptors (Lipinski definition) is 6. The molecule has 8 nitrogen and oxygen atoms in total. The number of carbonyl (C=O) groups excluding carboxylic acids is 2. The van der Waals surface area contributed by atoms with Gasteiger partial charge in [0.25, 0.3) is 0 Å². The molecule has 3 fully saturated rings. The normalized spacial score (nSPS) is 27.2. The molecular weight excluding hydrogens is 790 g/mol. The van der Waals surface area contributed by atoms with E-state index >= 15 is 22.8 Å². The monoisotopic (exact) mass is 835 g/mol. The summed E-state index contributed by atoms with van der Waals surface area (Å²) in [6.45, 7) is 1.25. The maximum atomic E-state index is 17.0. The van der Waals surface area contributed by atoms with Gasteiger partial charge in [0.15, 0.2) is 0 Å². The summed E-state index contributed by atoms with van der Waals surface area (Å²) < 4.78 is 53.7. The van der Waals surface area contributed by atoms with E-state index in [0.29, 0.717) is 40.2 Å². The van der Waals surface area contributed by atoms with Gasteiger partial charge in [0.1, 0.15) is 11.2 Å². The van der Waals surface area contributed by atoms with Crippen molar-refractivity contribution in [2.75, 3.05) is 25.3 Å². The second-order valence-electron chi connectivity index (χ2n) is 17.0. The molecule has 4 aromatic carbocycles. The van der Waals surface area contributed by atoms with Crippen LogP contribution in [0.2, 0.25) is 10.0 Å². The van der Waals surface area contributed by atoms with Crippen LogP contribution in [0.5, 0.6) is 0 Å². The highest BCUT2D eigenvalue weighted by Crippen LogP contribution is 2.74. The van der Waals surface area contributed by atoms with Crippen LogP contribution in [0, 0.1) is 11.2 Å². The predicted octanol–water partition coefficient (Wildman–Crippen LogP) is 8.16. The van der Waals surface area contributed by atoms with E-state index in [4.69, 9.17) is 27.9 Å². The molecule has 7 atom stereocenters. The minimum atomic E-state index is -1.88. The molecule has 4 aliphatic rings. The molecule has 0 radical (unpaired) electrons. The van der Waals surface area contributed by atoms with Gasteiger partial charge in [-0.1, -0.05) is 102 Å². The summed E-state index contributed by atoms with van der Waals surface area (Å²) in [4.78, 5) is 32.8. The number of nitrogens with zero attached hydrogens (tertiary/aromatic N) is 1. The number of halogens is 5. The number of hydrogen-bond donors (Lipinski definition) is 4. The molecule has 58 heavy (non-hydrogen) atoms. The lowest BCUT2D eigenvalue weighted by Gasteiger charge is -2.63. The molecule has 306 valence electrons. The molecule has 1 saturated carbocycles. The number of nitrogens with one attached hydrogen (secondary N) is 2. The standard InChI is InChI=1S/C45H46Cl2F3N3O5/c1-42(2,57)34-19-17-29(21-58-34)51-40(55)38-35(30-14-9-15-32(47)36(30)50)45(31-18-16-28(46)20-33(31)52-41(45)56)44(22-43(23-44,24-48)25-49)53(38)37(26-10-5-3-6-11-26)39(54)27-12-7-4-8-13-27/h3-16,18,20,29,34-35,37-39,54,57H,17,19,21-25H2,1-2H3,(H,51,55)(H,52,56)/t29-,34+,35+,37-,38-,39+,45-/m1/s1. The molecule has 2 saturated heterocycles.